The molecule has 5 nitrogen and oxygen atoms in total. The highest BCUT2D eigenvalue weighted by Crippen LogP contribution is 2.18. The lowest BCUT2D eigenvalue weighted by Crippen LogP contribution is -2.36. The van der Waals surface area contributed by atoms with Gasteiger partial charge in [0.05, 0.1) is 0 Å². The molecule has 25 heavy (non-hydrogen) atoms. The Bertz CT molecular complexity index is 839. The van der Waals surface area contributed by atoms with Gasteiger partial charge in [-0.3, -0.25) is 4.79 Å². The van der Waals surface area contributed by atoms with Gasteiger partial charge in [-0.05, 0) is 32.9 Å². The van der Waals surface area contributed by atoms with Crippen molar-refractivity contribution in [2.75, 3.05) is 0 Å². The van der Waals surface area contributed by atoms with E-state index < -0.39 is 0 Å². The van der Waals surface area contributed by atoms with Gasteiger partial charge in [-0.1, -0.05) is 53.2 Å². The minimum Gasteiger partial charge on any atom is -0.337 e. The number of carbonyl (C=O) groups is 1. The Morgan fingerprint density at radius 3 is 2.40 bits per heavy atom. The number of benzene rings is 2. The Morgan fingerprint density at radius 1 is 1.08 bits per heavy atom. The molecular formula is C20H21N3O2. The number of aromatic nitrogens is 2. The number of aryl methyl sites for hydroxylation is 1. The Kier molecular flexibility index (Phi) is 4.93. The van der Waals surface area contributed by atoms with E-state index in [0.29, 0.717) is 17.3 Å². The van der Waals surface area contributed by atoms with Gasteiger partial charge in [-0.15, -0.1) is 0 Å². The summed E-state index contributed by atoms with van der Waals surface area (Å²) in [5, 5.41) is 4.04. The second-order valence-corrected chi connectivity index (χ2v) is 6.27. The molecule has 0 radical (unpaired) electrons. The molecular weight excluding hydrogens is 314 g/mol. The maximum Gasteiger partial charge on any atom is 0.254 e. The van der Waals surface area contributed by atoms with Gasteiger partial charge < -0.3 is 9.42 Å². The SMILES string of the molecule is Cc1ccc(-c2noc(CN(C(=O)c3ccccc3)C(C)C)n2)cc1. The van der Waals surface area contributed by atoms with Crippen molar-refractivity contribution >= 4 is 5.91 Å². The monoisotopic (exact) mass is 335 g/mol. The van der Waals surface area contributed by atoms with Gasteiger partial charge in [0, 0.05) is 17.2 Å². The van der Waals surface area contributed by atoms with E-state index in [1.165, 1.54) is 5.56 Å². The van der Waals surface area contributed by atoms with Crippen molar-refractivity contribution in [3.63, 3.8) is 0 Å². The van der Waals surface area contributed by atoms with E-state index in [-0.39, 0.29) is 18.5 Å². The molecule has 0 fully saturated rings. The van der Waals surface area contributed by atoms with Crippen molar-refractivity contribution in [1.82, 2.24) is 15.0 Å². The zero-order valence-corrected chi connectivity index (χ0v) is 14.6. The summed E-state index contributed by atoms with van der Waals surface area (Å²) in [6, 6.07) is 17.2. The van der Waals surface area contributed by atoms with Crippen LogP contribution in [-0.4, -0.2) is 27.0 Å². The average Bonchev–Trinajstić information content (AvgIpc) is 3.09. The minimum absolute atomic E-state index is 0.0161. The number of amides is 1. The maximum atomic E-state index is 12.7. The molecule has 0 atom stereocenters. The molecule has 0 N–H and O–H groups in total. The molecule has 3 rings (SSSR count). The molecule has 1 aromatic heterocycles. The van der Waals surface area contributed by atoms with Crippen LogP contribution in [0.25, 0.3) is 11.4 Å². The van der Waals surface area contributed by atoms with Crippen molar-refractivity contribution in [1.29, 1.82) is 0 Å². The number of hydrogen-bond donors (Lipinski definition) is 0. The Morgan fingerprint density at radius 2 is 1.76 bits per heavy atom. The van der Waals surface area contributed by atoms with Crippen molar-refractivity contribution in [3.8, 4) is 11.4 Å². The highest BCUT2D eigenvalue weighted by molar-refractivity contribution is 5.94. The van der Waals surface area contributed by atoms with Crippen LogP contribution in [0, 0.1) is 6.92 Å². The smallest absolute Gasteiger partial charge is 0.254 e. The van der Waals surface area contributed by atoms with Crippen LogP contribution in [0.15, 0.2) is 59.1 Å². The molecule has 0 spiro atoms. The standard InChI is InChI=1S/C20H21N3O2/c1-14(2)23(20(24)17-7-5-4-6-8-17)13-18-21-19(22-25-18)16-11-9-15(3)10-12-16/h4-12,14H,13H2,1-3H3. The van der Waals surface area contributed by atoms with E-state index in [1.54, 1.807) is 4.90 Å². The van der Waals surface area contributed by atoms with Crippen LogP contribution in [0.4, 0.5) is 0 Å². The molecule has 0 saturated heterocycles. The van der Waals surface area contributed by atoms with E-state index in [1.807, 2.05) is 75.4 Å². The minimum atomic E-state index is -0.0503. The highest BCUT2D eigenvalue weighted by atomic mass is 16.5. The van der Waals surface area contributed by atoms with E-state index >= 15 is 0 Å². The van der Waals surface area contributed by atoms with Crippen molar-refractivity contribution < 1.29 is 9.32 Å². The molecule has 0 saturated carbocycles. The van der Waals surface area contributed by atoms with Crippen LogP contribution in [0.2, 0.25) is 0 Å². The maximum absolute atomic E-state index is 12.7. The molecule has 0 unspecified atom stereocenters. The average molecular weight is 335 g/mol. The molecule has 0 aliphatic heterocycles. The van der Waals surface area contributed by atoms with Crippen molar-refractivity contribution in [2.45, 2.75) is 33.4 Å². The van der Waals surface area contributed by atoms with Gasteiger partial charge in [0.15, 0.2) is 0 Å². The summed E-state index contributed by atoms with van der Waals surface area (Å²) in [5.74, 6) is 0.908. The summed E-state index contributed by atoms with van der Waals surface area (Å²) >= 11 is 0. The van der Waals surface area contributed by atoms with Gasteiger partial charge in [0.1, 0.15) is 6.54 Å². The molecule has 5 heteroatoms. The quantitative estimate of drug-likeness (QED) is 0.704. The summed E-state index contributed by atoms with van der Waals surface area (Å²) in [7, 11) is 0. The predicted octanol–water partition coefficient (Wildman–Crippen LogP) is 4.10. The lowest BCUT2D eigenvalue weighted by atomic mass is 10.1. The highest BCUT2D eigenvalue weighted by Gasteiger charge is 2.21. The number of nitrogens with zero attached hydrogens (tertiary/aromatic N) is 3. The lowest BCUT2D eigenvalue weighted by molar-refractivity contribution is 0.0667. The largest absolute Gasteiger partial charge is 0.337 e. The van der Waals surface area contributed by atoms with Gasteiger partial charge >= 0.3 is 0 Å². The zero-order valence-electron chi connectivity index (χ0n) is 14.6. The molecule has 1 heterocycles. The number of hydrogen-bond acceptors (Lipinski definition) is 4. The number of rotatable bonds is 5. The van der Waals surface area contributed by atoms with Crippen molar-refractivity contribution in [3.05, 3.63) is 71.6 Å². The first-order valence-corrected chi connectivity index (χ1v) is 8.30. The Hall–Kier alpha value is -2.95. The first kappa shape index (κ1) is 16.9. The van der Waals surface area contributed by atoms with Crippen LogP contribution in [0.3, 0.4) is 0 Å². The zero-order chi connectivity index (χ0) is 17.8. The van der Waals surface area contributed by atoms with Gasteiger partial charge in [-0.25, -0.2) is 0 Å². The van der Waals surface area contributed by atoms with Crippen LogP contribution < -0.4 is 0 Å². The fraction of sp³-hybridized carbons (Fsp3) is 0.250. The third-order valence-electron chi connectivity index (χ3n) is 3.99. The third-order valence-corrected chi connectivity index (χ3v) is 3.99. The molecule has 2 aromatic carbocycles. The predicted molar refractivity (Wildman–Crippen MR) is 95.9 cm³/mol. The van der Waals surface area contributed by atoms with Gasteiger partial charge in [0.2, 0.25) is 11.7 Å². The summed E-state index contributed by atoms with van der Waals surface area (Å²) in [4.78, 5) is 18.9. The second-order valence-electron chi connectivity index (χ2n) is 6.27. The molecule has 0 aliphatic rings. The first-order valence-electron chi connectivity index (χ1n) is 8.30. The topological polar surface area (TPSA) is 59.2 Å². The van der Waals surface area contributed by atoms with Crippen LogP contribution >= 0.6 is 0 Å². The van der Waals surface area contributed by atoms with E-state index in [2.05, 4.69) is 10.1 Å². The normalized spacial score (nSPS) is 10.9. The van der Waals surface area contributed by atoms with E-state index in [9.17, 15) is 4.79 Å². The second kappa shape index (κ2) is 7.30. The Balaban J connectivity index is 1.79. The summed E-state index contributed by atoms with van der Waals surface area (Å²) in [5.41, 5.74) is 2.72. The van der Waals surface area contributed by atoms with E-state index in [0.717, 1.165) is 5.56 Å². The fourth-order valence-corrected chi connectivity index (χ4v) is 2.52. The van der Waals surface area contributed by atoms with Crippen molar-refractivity contribution in [2.24, 2.45) is 0 Å². The van der Waals surface area contributed by atoms with Gasteiger partial charge in [0.25, 0.3) is 5.91 Å². The summed E-state index contributed by atoms with van der Waals surface area (Å²) in [6.45, 7) is 6.25. The summed E-state index contributed by atoms with van der Waals surface area (Å²) < 4.78 is 5.36. The molecule has 0 bridgehead atoms. The Labute approximate surface area is 147 Å². The van der Waals surface area contributed by atoms with Crippen LogP contribution in [0.1, 0.15) is 35.7 Å². The molecule has 0 aliphatic carbocycles. The molecule has 1 amide bonds. The first-order chi connectivity index (χ1) is 12.0. The number of carbonyl (C=O) groups excluding carboxylic acids is 1. The summed E-state index contributed by atoms with van der Waals surface area (Å²) in [6.07, 6.45) is 0. The lowest BCUT2D eigenvalue weighted by Gasteiger charge is -2.25. The van der Waals surface area contributed by atoms with Gasteiger partial charge in [-0.2, -0.15) is 4.98 Å². The molecule has 3 aromatic rings. The molecule has 128 valence electrons. The van der Waals surface area contributed by atoms with E-state index in [4.69, 9.17) is 4.52 Å². The third kappa shape index (κ3) is 3.94. The fourth-order valence-electron chi connectivity index (χ4n) is 2.52. The van der Waals surface area contributed by atoms with Crippen LogP contribution in [0.5, 0.6) is 0 Å². The van der Waals surface area contributed by atoms with Crippen LogP contribution in [-0.2, 0) is 6.54 Å².